The van der Waals surface area contributed by atoms with Crippen molar-refractivity contribution in [2.24, 2.45) is 0 Å². The van der Waals surface area contributed by atoms with Gasteiger partial charge in [0.2, 0.25) is 5.91 Å². The fraction of sp³-hybridized carbons (Fsp3) is 0.250. The molecule has 2 aromatic carbocycles. The average Bonchev–Trinajstić information content (AvgIpc) is 2.63. The topological polar surface area (TPSA) is 64.0 Å². The van der Waals surface area contributed by atoms with Crippen molar-refractivity contribution in [1.29, 1.82) is 0 Å². The Kier molecular flexibility index (Phi) is 4.93. The van der Waals surface area contributed by atoms with E-state index in [0.29, 0.717) is 29.6 Å². The minimum absolute atomic E-state index is 0.00623. The summed E-state index contributed by atoms with van der Waals surface area (Å²) in [7, 11) is 0. The number of benzene rings is 2. The van der Waals surface area contributed by atoms with Gasteiger partial charge < -0.3 is 0 Å². The monoisotopic (exact) mass is 335 g/mol. The van der Waals surface area contributed by atoms with Crippen molar-refractivity contribution in [2.75, 3.05) is 5.43 Å². The van der Waals surface area contributed by atoms with Crippen LogP contribution in [0, 0.1) is 0 Å². The highest BCUT2D eigenvalue weighted by Gasteiger charge is 2.15. The van der Waals surface area contributed by atoms with Crippen LogP contribution < -0.4 is 11.0 Å². The Hall–Kier alpha value is -2.95. The number of fused-ring (bicyclic) bond motifs is 1. The van der Waals surface area contributed by atoms with Gasteiger partial charge in [-0.3, -0.25) is 15.0 Å². The summed E-state index contributed by atoms with van der Waals surface area (Å²) in [5.41, 5.74) is 4.21. The zero-order valence-corrected chi connectivity index (χ0v) is 14.4. The molecule has 0 aliphatic heterocycles. The Balaban J connectivity index is 1.87. The lowest BCUT2D eigenvalue weighted by molar-refractivity contribution is -0.117. The van der Waals surface area contributed by atoms with Gasteiger partial charge in [-0.05, 0) is 24.1 Å². The highest BCUT2D eigenvalue weighted by molar-refractivity contribution is 5.84. The van der Waals surface area contributed by atoms with E-state index in [4.69, 9.17) is 0 Å². The van der Waals surface area contributed by atoms with Crippen LogP contribution in [0.25, 0.3) is 10.9 Å². The number of hydrogen-bond acceptors (Lipinski definition) is 3. The Bertz CT molecular complexity index is 946. The lowest BCUT2D eigenvalue weighted by Crippen LogP contribution is -2.36. The van der Waals surface area contributed by atoms with Crippen LogP contribution in [0.5, 0.6) is 0 Å². The maximum Gasteiger partial charge on any atom is 0.280 e. The van der Waals surface area contributed by atoms with Crippen molar-refractivity contribution < 1.29 is 4.79 Å². The first-order valence-electron chi connectivity index (χ1n) is 8.41. The summed E-state index contributed by atoms with van der Waals surface area (Å²) < 4.78 is 1.29. The number of amides is 1. The smallest absolute Gasteiger partial charge is 0.273 e. The van der Waals surface area contributed by atoms with Crippen molar-refractivity contribution in [3.05, 3.63) is 76.3 Å². The third-order valence-electron chi connectivity index (χ3n) is 4.04. The van der Waals surface area contributed by atoms with E-state index in [1.165, 1.54) is 4.68 Å². The number of nitrogens with one attached hydrogen (secondary N) is 1. The van der Waals surface area contributed by atoms with Crippen LogP contribution in [0.2, 0.25) is 0 Å². The number of carbonyl (C=O) groups is 1. The molecule has 0 bridgehead atoms. The molecular formula is C20H21N3O2. The summed E-state index contributed by atoms with van der Waals surface area (Å²) in [4.78, 5) is 29.7. The van der Waals surface area contributed by atoms with Gasteiger partial charge >= 0.3 is 0 Å². The van der Waals surface area contributed by atoms with Crippen LogP contribution in [0.4, 0.5) is 0 Å². The zero-order chi connectivity index (χ0) is 17.8. The number of para-hydroxylation sites is 1. The molecule has 0 fully saturated rings. The quantitative estimate of drug-likeness (QED) is 0.778. The van der Waals surface area contributed by atoms with Crippen molar-refractivity contribution >= 4 is 16.8 Å². The first-order valence-corrected chi connectivity index (χ1v) is 8.41. The van der Waals surface area contributed by atoms with E-state index in [0.717, 1.165) is 5.56 Å². The van der Waals surface area contributed by atoms with Gasteiger partial charge in [-0.1, -0.05) is 56.3 Å². The largest absolute Gasteiger partial charge is 0.280 e. The molecule has 0 atom stereocenters. The van der Waals surface area contributed by atoms with E-state index in [1.807, 2.05) is 56.3 Å². The van der Waals surface area contributed by atoms with Gasteiger partial charge in [-0.2, -0.15) is 0 Å². The lowest BCUT2D eigenvalue weighted by atomic mass is 10.1. The Labute approximate surface area is 146 Å². The number of aryl methyl sites for hydroxylation is 1. The predicted octanol–water partition coefficient (Wildman–Crippen LogP) is 3.22. The maximum atomic E-state index is 12.8. The number of nitrogens with zero attached hydrogens (tertiary/aromatic N) is 2. The summed E-state index contributed by atoms with van der Waals surface area (Å²) in [6.45, 7) is 3.90. The highest BCUT2D eigenvalue weighted by atomic mass is 16.2. The Morgan fingerprint density at radius 1 is 1.08 bits per heavy atom. The normalized spacial score (nSPS) is 11.0. The molecule has 3 aromatic rings. The van der Waals surface area contributed by atoms with E-state index >= 15 is 0 Å². The molecule has 1 heterocycles. The lowest BCUT2D eigenvalue weighted by Gasteiger charge is -2.16. The Morgan fingerprint density at radius 3 is 2.48 bits per heavy atom. The van der Waals surface area contributed by atoms with Crippen LogP contribution in [0.3, 0.4) is 0 Å². The van der Waals surface area contributed by atoms with Crippen molar-refractivity contribution in [3.8, 4) is 0 Å². The van der Waals surface area contributed by atoms with Crippen LogP contribution >= 0.6 is 0 Å². The summed E-state index contributed by atoms with van der Waals surface area (Å²) >= 11 is 0. The number of rotatable bonds is 5. The SMILES string of the molecule is CC(C)c1nc2ccccc2c(=O)n1NC(=O)CCc1ccccc1. The standard InChI is InChI=1S/C20H21N3O2/c1-14(2)19-21-17-11-7-6-10-16(17)20(25)23(19)22-18(24)13-12-15-8-4-3-5-9-15/h3-11,14H,12-13H2,1-2H3,(H,22,24). The summed E-state index contributed by atoms with van der Waals surface area (Å²) in [6, 6.07) is 17.0. The third kappa shape index (κ3) is 3.76. The zero-order valence-electron chi connectivity index (χ0n) is 14.4. The molecule has 5 heteroatoms. The molecule has 0 aliphatic rings. The first kappa shape index (κ1) is 16.9. The van der Waals surface area contributed by atoms with Gasteiger partial charge in [-0.25, -0.2) is 9.66 Å². The minimum Gasteiger partial charge on any atom is -0.273 e. The summed E-state index contributed by atoms with van der Waals surface area (Å²) in [5, 5.41) is 0.496. The van der Waals surface area contributed by atoms with E-state index in [1.54, 1.807) is 12.1 Å². The molecule has 1 aromatic heterocycles. The molecule has 0 spiro atoms. The fourth-order valence-electron chi connectivity index (χ4n) is 2.73. The maximum absolute atomic E-state index is 12.8. The second-order valence-corrected chi connectivity index (χ2v) is 6.30. The van der Waals surface area contributed by atoms with Gasteiger partial charge in [0.05, 0.1) is 10.9 Å². The van der Waals surface area contributed by atoms with E-state index in [9.17, 15) is 9.59 Å². The van der Waals surface area contributed by atoms with Crippen LogP contribution in [-0.4, -0.2) is 15.6 Å². The van der Waals surface area contributed by atoms with Gasteiger partial charge in [0.25, 0.3) is 5.56 Å². The van der Waals surface area contributed by atoms with Gasteiger partial charge in [0, 0.05) is 12.3 Å². The van der Waals surface area contributed by atoms with Crippen molar-refractivity contribution in [2.45, 2.75) is 32.6 Å². The molecule has 0 aliphatic carbocycles. The van der Waals surface area contributed by atoms with E-state index in [-0.39, 0.29) is 17.4 Å². The molecule has 5 nitrogen and oxygen atoms in total. The van der Waals surface area contributed by atoms with Gasteiger partial charge in [0.1, 0.15) is 5.82 Å². The number of aromatic nitrogens is 2. The molecule has 0 unspecified atom stereocenters. The van der Waals surface area contributed by atoms with Crippen molar-refractivity contribution in [1.82, 2.24) is 9.66 Å². The van der Waals surface area contributed by atoms with Gasteiger partial charge in [0.15, 0.2) is 0 Å². The molecule has 3 rings (SSSR count). The molecule has 0 saturated heterocycles. The van der Waals surface area contributed by atoms with E-state index < -0.39 is 0 Å². The molecule has 0 radical (unpaired) electrons. The van der Waals surface area contributed by atoms with Gasteiger partial charge in [-0.15, -0.1) is 0 Å². The molecule has 0 saturated carbocycles. The molecule has 1 amide bonds. The molecular weight excluding hydrogens is 314 g/mol. The Morgan fingerprint density at radius 2 is 1.76 bits per heavy atom. The van der Waals surface area contributed by atoms with E-state index in [2.05, 4.69) is 10.4 Å². The second-order valence-electron chi connectivity index (χ2n) is 6.30. The van der Waals surface area contributed by atoms with Crippen molar-refractivity contribution in [3.63, 3.8) is 0 Å². The molecule has 1 N–H and O–H groups in total. The fourth-order valence-corrected chi connectivity index (χ4v) is 2.73. The molecule has 25 heavy (non-hydrogen) atoms. The molecule has 128 valence electrons. The van der Waals surface area contributed by atoms with Crippen LogP contribution in [-0.2, 0) is 11.2 Å². The average molecular weight is 335 g/mol. The summed E-state index contributed by atoms with van der Waals surface area (Å²) in [5.74, 6) is 0.355. The first-order chi connectivity index (χ1) is 12.1. The minimum atomic E-state index is -0.248. The van der Waals surface area contributed by atoms with Crippen LogP contribution in [0.1, 0.15) is 37.6 Å². The second kappa shape index (κ2) is 7.30. The highest BCUT2D eigenvalue weighted by Crippen LogP contribution is 2.14. The predicted molar refractivity (Wildman–Crippen MR) is 99.2 cm³/mol. The number of carbonyl (C=O) groups excluding carboxylic acids is 1. The third-order valence-corrected chi connectivity index (χ3v) is 4.04. The summed E-state index contributed by atoms with van der Waals surface area (Å²) in [6.07, 6.45) is 0.931. The van der Waals surface area contributed by atoms with Crippen LogP contribution in [0.15, 0.2) is 59.4 Å². The number of hydrogen-bond donors (Lipinski definition) is 1.